The number of nitrogens with zero attached hydrogens (tertiary/aromatic N) is 2. The van der Waals surface area contributed by atoms with E-state index in [9.17, 15) is 17.6 Å². The highest BCUT2D eigenvalue weighted by molar-refractivity contribution is 5.54. The van der Waals surface area contributed by atoms with Crippen LogP contribution in [0.5, 0.6) is 0 Å². The zero-order valence-corrected chi connectivity index (χ0v) is 11.3. The van der Waals surface area contributed by atoms with Gasteiger partial charge < -0.3 is 9.84 Å². The van der Waals surface area contributed by atoms with E-state index in [2.05, 4.69) is 15.5 Å². The van der Waals surface area contributed by atoms with E-state index >= 15 is 0 Å². The molecule has 1 aromatic carbocycles. The molecule has 0 bridgehead atoms. The highest BCUT2D eigenvalue weighted by Crippen LogP contribution is 2.33. The highest BCUT2D eigenvalue weighted by Gasteiger charge is 2.34. The molecule has 0 aliphatic carbocycles. The molecular weight excluding hydrogens is 290 g/mol. The normalized spacial score (nSPS) is 12.1. The van der Waals surface area contributed by atoms with Crippen molar-refractivity contribution in [3.8, 4) is 11.5 Å². The second-order valence-electron chi connectivity index (χ2n) is 4.74. The number of benzene rings is 1. The molecule has 0 unspecified atom stereocenters. The maximum absolute atomic E-state index is 13.2. The van der Waals surface area contributed by atoms with Gasteiger partial charge in [0.05, 0.1) is 12.1 Å². The van der Waals surface area contributed by atoms with E-state index in [-0.39, 0.29) is 17.5 Å². The summed E-state index contributed by atoms with van der Waals surface area (Å²) in [5.41, 5.74) is -1.34. The van der Waals surface area contributed by atoms with Crippen molar-refractivity contribution < 1.29 is 22.1 Å². The van der Waals surface area contributed by atoms with Crippen molar-refractivity contribution in [1.29, 1.82) is 0 Å². The smallest absolute Gasteiger partial charge is 0.334 e. The highest BCUT2D eigenvalue weighted by atomic mass is 19.4. The van der Waals surface area contributed by atoms with Crippen LogP contribution in [0.1, 0.15) is 25.2 Å². The minimum atomic E-state index is -4.78. The van der Waals surface area contributed by atoms with Crippen LogP contribution in [0.2, 0.25) is 0 Å². The van der Waals surface area contributed by atoms with Crippen molar-refractivity contribution in [2.75, 3.05) is 0 Å². The Labute approximate surface area is 118 Å². The van der Waals surface area contributed by atoms with Gasteiger partial charge in [-0.15, -0.1) is 0 Å². The largest absolute Gasteiger partial charge is 0.419 e. The van der Waals surface area contributed by atoms with Crippen molar-refractivity contribution >= 4 is 0 Å². The summed E-state index contributed by atoms with van der Waals surface area (Å²) in [7, 11) is 0. The van der Waals surface area contributed by atoms with Gasteiger partial charge in [0.1, 0.15) is 5.82 Å². The summed E-state index contributed by atoms with van der Waals surface area (Å²) in [4.78, 5) is 3.98. The fourth-order valence-electron chi connectivity index (χ4n) is 1.61. The van der Waals surface area contributed by atoms with Gasteiger partial charge in [-0.25, -0.2) is 4.39 Å². The summed E-state index contributed by atoms with van der Waals surface area (Å²) in [5.74, 6) is -1.11. The lowest BCUT2D eigenvalue weighted by Gasteiger charge is -2.08. The van der Waals surface area contributed by atoms with Crippen molar-refractivity contribution in [2.24, 2.45) is 0 Å². The third kappa shape index (κ3) is 3.78. The molecule has 0 saturated heterocycles. The Morgan fingerprint density at radius 1 is 1.29 bits per heavy atom. The third-order valence-corrected chi connectivity index (χ3v) is 2.66. The predicted molar refractivity (Wildman–Crippen MR) is 66.7 cm³/mol. The Morgan fingerprint density at radius 3 is 2.62 bits per heavy atom. The van der Waals surface area contributed by atoms with Crippen LogP contribution in [0.4, 0.5) is 17.6 Å². The molecule has 21 heavy (non-hydrogen) atoms. The molecule has 0 aliphatic heterocycles. The maximum atomic E-state index is 13.2. The van der Waals surface area contributed by atoms with Crippen LogP contribution in [0.3, 0.4) is 0 Å². The molecule has 0 aliphatic rings. The molecule has 114 valence electrons. The standard InChI is InChI=1S/C13H13F4N3O/c1-7(2)18-6-11-19-12(21-20-11)8-3-4-10(14)9(5-8)13(15,16)17/h3-5,7,18H,6H2,1-2H3. The first-order chi connectivity index (χ1) is 9.77. The van der Waals surface area contributed by atoms with Gasteiger partial charge in [-0.05, 0) is 18.2 Å². The topological polar surface area (TPSA) is 51.0 Å². The van der Waals surface area contributed by atoms with Crippen molar-refractivity contribution in [1.82, 2.24) is 15.5 Å². The minimum Gasteiger partial charge on any atom is -0.334 e. The van der Waals surface area contributed by atoms with Crippen LogP contribution in [0.15, 0.2) is 22.7 Å². The van der Waals surface area contributed by atoms with Crippen LogP contribution in [0.25, 0.3) is 11.5 Å². The van der Waals surface area contributed by atoms with Gasteiger partial charge in [-0.2, -0.15) is 18.2 Å². The van der Waals surface area contributed by atoms with E-state index in [1.165, 1.54) is 0 Å². The minimum absolute atomic E-state index is 0.0204. The number of hydrogen-bond donors (Lipinski definition) is 1. The number of nitrogens with one attached hydrogen (secondary N) is 1. The van der Waals surface area contributed by atoms with Gasteiger partial charge in [-0.1, -0.05) is 19.0 Å². The molecule has 8 heteroatoms. The maximum Gasteiger partial charge on any atom is 0.419 e. The van der Waals surface area contributed by atoms with E-state index in [1.807, 2.05) is 13.8 Å². The van der Waals surface area contributed by atoms with Crippen molar-refractivity contribution in [2.45, 2.75) is 32.6 Å². The monoisotopic (exact) mass is 303 g/mol. The van der Waals surface area contributed by atoms with E-state index in [4.69, 9.17) is 4.52 Å². The summed E-state index contributed by atoms with van der Waals surface area (Å²) >= 11 is 0. The van der Waals surface area contributed by atoms with Gasteiger partial charge in [0.15, 0.2) is 5.82 Å². The first-order valence-electron chi connectivity index (χ1n) is 6.20. The summed E-state index contributed by atoms with van der Waals surface area (Å²) in [5, 5.41) is 6.70. The number of alkyl halides is 3. The van der Waals surface area contributed by atoms with Gasteiger partial charge >= 0.3 is 6.18 Å². The van der Waals surface area contributed by atoms with Crippen LogP contribution >= 0.6 is 0 Å². The number of rotatable bonds is 4. The van der Waals surface area contributed by atoms with Crippen molar-refractivity contribution in [3.05, 3.63) is 35.4 Å². The van der Waals surface area contributed by atoms with E-state index in [0.717, 1.165) is 12.1 Å². The fraction of sp³-hybridized carbons (Fsp3) is 0.385. The SMILES string of the molecule is CC(C)NCc1noc(-c2ccc(F)c(C(F)(F)F)c2)n1. The Kier molecular flexibility index (Phi) is 4.26. The van der Waals surface area contributed by atoms with Crippen molar-refractivity contribution in [3.63, 3.8) is 0 Å². The Morgan fingerprint density at radius 2 is 2.00 bits per heavy atom. The number of hydrogen-bond acceptors (Lipinski definition) is 4. The molecule has 0 radical (unpaired) electrons. The number of aromatic nitrogens is 2. The summed E-state index contributed by atoms with van der Waals surface area (Å²) in [6, 6.07) is 2.75. The molecule has 4 nitrogen and oxygen atoms in total. The first-order valence-corrected chi connectivity index (χ1v) is 6.20. The lowest BCUT2D eigenvalue weighted by atomic mass is 10.1. The molecule has 0 amide bonds. The average Bonchev–Trinajstić information content (AvgIpc) is 2.84. The Bertz CT molecular complexity index is 622. The first kappa shape index (κ1) is 15.4. The molecule has 1 heterocycles. The van der Waals surface area contributed by atoms with Gasteiger partial charge in [0.25, 0.3) is 5.89 Å². The zero-order valence-electron chi connectivity index (χ0n) is 11.3. The van der Waals surface area contributed by atoms with Crippen LogP contribution in [-0.4, -0.2) is 16.2 Å². The lowest BCUT2D eigenvalue weighted by Crippen LogP contribution is -2.22. The van der Waals surface area contributed by atoms with Crippen LogP contribution in [-0.2, 0) is 12.7 Å². The Hall–Kier alpha value is -1.96. The van der Waals surface area contributed by atoms with E-state index in [1.54, 1.807) is 0 Å². The molecule has 2 aromatic rings. The quantitative estimate of drug-likeness (QED) is 0.880. The van der Waals surface area contributed by atoms with E-state index in [0.29, 0.717) is 18.4 Å². The van der Waals surface area contributed by atoms with Gasteiger partial charge in [0.2, 0.25) is 0 Å². The molecule has 0 spiro atoms. The summed E-state index contributed by atoms with van der Waals surface area (Å²) < 4.78 is 56.0. The Balaban J connectivity index is 2.26. The number of halogens is 4. The second-order valence-corrected chi connectivity index (χ2v) is 4.74. The molecular formula is C13H13F4N3O. The lowest BCUT2D eigenvalue weighted by molar-refractivity contribution is -0.139. The third-order valence-electron chi connectivity index (χ3n) is 2.66. The summed E-state index contributed by atoms with van der Waals surface area (Å²) in [6.07, 6.45) is -4.78. The molecule has 0 saturated carbocycles. The summed E-state index contributed by atoms with van der Waals surface area (Å²) in [6.45, 7) is 4.18. The van der Waals surface area contributed by atoms with E-state index < -0.39 is 17.6 Å². The molecule has 0 fully saturated rings. The van der Waals surface area contributed by atoms with Crippen LogP contribution < -0.4 is 5.32 Å². The molecule has 1 N–H and O–H groups in total. The molecule has 2 rings (SSSR count). The average molecular weight is 303 g/mol. The zero-order chi connectivity index (χ0) is 15.6. The fourth-order valence-corrected chi connectivity index (χ4v) is 1.61. The van der Waals surface area contributed by atoms with Gasteiger partial charge in [0, 0.05) is 11.6 Å². The van der Waals surface area contributed by atoms with Crippen LogP contribution in [0, 0.1) is 5.82 Å². The second kappa shape index (κ2) is 5.80. The van der Waals surface area contributed by atoms with Gasteiger partial charge in [-0.3, -0.25) is 0 Å². The predicted octanol–water partition coefficient (Wildman–Crippen LogP) is 3.39. The molecule has 1 aromatic heterocycles. The molecule has 0 atom stereocenters.